The van der Waals surface area contributed by atoms with Gasteiger partial charge in [0, 0.05) is 19.2 Å². The number of aliphatic hydroxyl groups is 1. The van der Waals surface area contributed by atoms with E-state index >= 15 is 0 Å². The van der Waals surface area contributed by atoms with Crippen molar-refractivity contribution < 1.29 is 5.11 Å². The van der Waals surface area contributed by atoms with Crippen molar-refractivity contribution in [2.75, 3.05) is 6.61 Å². The van der Waals surface area contributed by atoms with Crippen LogP contribution in [0, 0.1) is 5.92 Å². The van der Waals surface area contributed by atoms with E-state index in [1.807, 2.05) is 20.0 Å². The van der Waals surface area contributed by atoms with Gasteiger partial charge in [-0.15, -0.1) is 5.10 Å². The van der Waals surface area contributed by atoms with E-state index in [1.165, 1.54) is 0 Å². The Bertz CT molecular complexity index is 258. The van der Waals surface area contributed by atoms with Gasteiger partial charge < -0.3 is 10.8 Å². The highest BCUT2D eigenvalue weighted by molar-refractivity contribution is 4.97. The maximum atomic E-state index is 8.83. The fourth-order valence-corrected chi connectivity index (χ4v) is 0.988. The third kappa shape index (κ3) is 2.78. The zero-order valence-electron chi connectivity index (χ0n) is 8.01. The minimum Gasteiger partial charge on any atom is -0.396 e. The van der Waals surface area contributed by atoms with E-state index in [1.54, 1.807) is 4.68 Å². The van der Waals surface area contributed by atoms with Crippen molar-refractivity contribution in [3.05, 3.63) is 11.9 Å². The number of nitrogens with two attached hydrogens (primary N) is 1. The van der Waals surface area contributed by atoms with Crippen LogP contribution in [-0.2, 0) is 6.54 Å². The van der Waals surface area contributed by atoms with Crippen molar-refractivity contribution in [3.63, 3.8) is 0 Å². The molecule has 0 saturated carbocycles. The molecule has 2 atom stereocenters. The molecule has 13 heavy (non-hydrogen) atoms. The molecule has 0 bridgehead atoms. The van der Waals surface area contributed by atoms with Gasteiger partial charge in [0.05, 0.1) is 11.9 Å². The molecule has 0 saturated heterocycles. The number of rotatable bonds is 4. The Morgan fingerprint density at radius 2 is 2.31 bits per heavy atom. The van der Waals surface area contributed by atoms with Crippen molar-refractivity contribution >= 4 is 0 Å². The number of hydrogen-bond acceptors (Lipinski definition) is 4. The van der Waals surface area contributed by atoms with Crippen molar-refractivity contribution in [1.82, 2.24) is 15.0 Å². The Hall–Kier alpha value is -0.940. The van der Waals surface area contributed by atoms with E-state index in [-0.39, 0.29) is 18.6 Å². The van der Waals surface area contributed by atoms with E-state index in [2.05, 4.69) is 10.3 Å². The van der Waals surface area contributed by atoms with Crippen LogP contribution in [0.4, 0.5) is 0 Å². The summed E-state index contributed by atoms with van der Waals surface area (Å²) in [6, 6.07) is -0.0850. The number of hydrogen-bond donors (Lipinski definition) is 2. The van der Waals surface area contributed by atoms with E-state index in [4.69, 9.17) is 10.8 Å². The molecule has 1 aromatic rings. The van der Waals surface area contributed by atoms with Gasteiger partial charge in [0.25, 0.3) is 0 Å². The fourth-order valence-electron chi connectivity index (χ4n) is 0.988. The van der Waals surface area contributed by atoms with Gasteiger partial charge in [0.15, 0.2) is 0 Å². The Kier molecular flexibility index (Phi) is 3.39. The first-order chi connectivity index (χ1) is 6.13. The van der Waals surface area contributed by atoms with Crippen LogP contribution in [0.3, 0.4) is 0 Å². The molecule has 5 nitrogen and oxygen atoms in total. The van der Waals surface area contributed by atoms with Crippen LogP contribution < -0.4 is 5.73 Å². The summed E-state index contributed by atoms with van der Waals surface area (Å²) in [5.74, 6) is 0.197. The summed E-state index contributed by atoms with van der Waals surface area (Å²) in [7, 11) is 0. The summed E-state index contributed by atoms with van der Waals surface area (Å²) in [5, 5.41) is 16.6. The number of nitrogens with zero attached hydrogens (tertiary/aromatic N) is 3. The second-order valence-electron chi connectivity index (χ2n) is 3.44. The maximum absolute atomic E-state index is 8.83. The van der Waals surface area contributed by atoms with E-state index in [0.29, 0.717) is 6.54 Å². The van der Waals surface area contributed by atoms with E-state index in [0.717, 1.165) is 5.69 Å². The Balaban J connectivity index is 2.58. The first-order valence-electron chi connectivity index (χ1n) is 4.40. The Labute approximate surface area is 77.6 Å². The molecule has 0 amide bonds. The summed E-state index contributed by atoms with van der Waals surface area (Å²) in [4.78, 5) is 0. The standard InChI is InChI=1S/C8H16N4O/c1-6(5-13)3-12-4-8(7(2)9)10-11-12/h4,6-7,13H,3,5,9H2,1-2H3. The molecule has 0 aliphatic heterocycles. The average molecular weight is 184 g/mol. The number of aliphatic hydroxyl groups excluding tert-OH is 1. The fraction of sp³-hybridized carbons (Fsp3) is 0.750. The van der Waals surface area contributed by atoms with E-state index < -0.39 is 0 Å². The van der Waals surface area contributed by atoms with Crippen LogP contribution in [0.2, 0.25) is 0 Å². The Morgan fingerprint density at radius 1 is 1.62 bits per heavy atom. The van der Waals surface area contributed by atoms with Crippen LogP contribution in [0.5, 0.6) is 0 Å². The van der Waals surface area contributed by atoms with Gasteiger partial charge in [-0.05, 0) is 12.8 Å². The molecular weight excluding hydrogens is 168 g/mol. The van der Waals surface area contributed by atoms with E-state index in [9.17, 15) is 0 Å². The molecular formula is C8H16N4O. The van der Waals surface area contributed by atoms with Crippen LogP contribution in [-0.4, -0.2) is 26.7 Å². The van der Waals surface area contributed by atoms with Crippen LogP contribution in [0.15, 0.2) is 6.20 Å². The van der Waals surface area contributed by atoms with Crippen LogP contribution in [0.1, 0.15) is 25.6 Å². The van der Waals surface area contributed by atoms with Crippen molar-refractivity contribution in [2.45, 2.75) is 26.4 Å². The highest BCUT2D eigenvalue weighted by Gasteiger charge is 2.07. The smallest absolute Gasteiger partial charge is 0.0991 e. The molecule has 1 aromatic heterocycles. The lowest BCUT2D eigenvalue weighted by Crippen LogP contribution is -2.11. The molecule has 1 heterocycles. The van der Waals surface area contributed by atoms with Crippen molar-refractivity contribution in [3.8, 4) is 0 Å². The van der Waals surface area contributed by atoms with Gasteiger partial charge in [-0.1, -0.05) is 12.1 Å². The predicted octanol–water partition coefficient (Wildman–Crippen LogP) is -0.0738. The minimum atomic E-state index is -0.0850. The molecule has 0 spiro atoms. The third-order valence-electron chi connectivity index (χ3n) is 1.83. The molecule has 0 aliphatic rings. The highest BCUT2D eigenvalue weighted by Crippen LogP contribution is 2.05. The lowest BCUT2D eigenvalue weighted by Gasteiger charge is -2.05. The lowest BCUT2D eigenvalue weighted by atomic mass is 10.2. The first-order valence-corrected chi connectivity index (χ1v) is 4.40. The van der Waals surface area contributed by atoms with Crippen molar-refractivity contribution in [2.24, 2.45) is 11.7 Å². The zero-order valence-corrected chi connectivity index (χ0v) is 8.01. The second-order valence-corrected chi connectivity index (χ2v) is 3.44. The van der Waals surface area contributed by atoms with Crippen LogP contribution in [0.25, 0.3) is 0 Å². The first kappa shape index (κ1) is 10.1. The molecule has 0 aromatic carbocycles. The monoisotopic (exact) mass is 184 g/mol. The van der Waals surface area contributed by atoms with Gasteiger partial charge in [-0.2, -0.15) is 0 Å². The highest BCUT2D eigenvalue weighted by atomic mass is 16.3. The third-order valence-corrected chi connectivity index (χ3v) is 1.83. The van der Waals surface area contributed by atoms with Crippen LogP contribution >= 0.6 is 0 Å². The summed E-state index contributed by atoms with van der Waals surface area (Å²) in [6.07, 6.45) is 1.82. The lowest BCUT2D eigenvalue weighted by molar-refractivity contribution is 0.218. The molecule has 2 unspecified atom stereocenters. The van der Waals surface area contributed by atoms with Gasteiger partial charge in [0.1, 0.15) is 0 Å². The molecule has 0 aliphatic carbocycles. The van der Waals surface area contributed by atoms with Gasteiger partial charge in [-0.25, -0.2) is 0 Å². The molecule has 5 heteroatoms. The van der Waals surface area contributed by atoms with Gasteiger partial charge in [-0.3, -0.25) is 4.68 Å². The maximum Gasteiger partial charge on any atom is 0.0991 e. The predicted molar refractivity (Wildman–Crippen MR) is 48.9 cm³/mol. The average Bonchev–Trinajstić information content (AvgIpc) is 2.52. The molecule has 0 radical (unpaired) electrons. The summed E-state index contributed by atoms with van der Waals surface area (Å²) in [6.45, 7) is 4.65. The van der Waals surface area contributed by atoms with Gasteiger partial charge in [0.2, 0.25) is 0 Å². The molecule has 74 valence electrons. The molecule has 3 N–H and O–H groups in total. The van der Waals surface area contributed by atoms with Crippen molar-refractivity contribution in [1.29, 1.82) is 0 Å². The SMILES string of the molecule is CC(CO)Cn1cc(C(C)N)nn1. The normalized spacial score (nSPS) is 15.7. The number of aromatic nitrogens is 3. The summed E-state index contributed by atoms with van der Waals surface area (Å²) >= 11 is 0. The summed E-state index contributed by atoms with van der Waals surface area (Å²) < 4.78 is 1.71. The largest absolute Gasteiger partial charge is 0.396 e. The molecule has 1 rings (SSSR count). The minimum absolute atomic E-state index is 0.0850. The summed E-state index contributed by atoms with van der Waals surface area (Å²) in [5.41, 5.74) is 6.41. The quantitative estimate of drug-likeness (QED) is 0.686. The van der Waals surface area contributed by atoms with Gasteiger partial charge >= 0.3 is 0 Å². The zero-order chi connectivity index (χ0) is 9.84. The second kappa shape index (κ2) is 4.34. The topological polar surface area (TPSA) is 77.0 Å². The Morgan fingerprint density at radius 3 is 2.77 bits per heavy atom. The molecule has 0 fully saturated rings.